The molecular weight excluding hydrogens is 390 g/mol. The quantitative estimate of drug-likeness (QED) is 0.498. The maximum absolute atomic E-state index is 10.5. The average Bonchev–Trinajstić information content (AvgIpc) is 3.23. The van der Waals surface area contributed by atoms with Crippen molar-refractivity contribution in [3.8, 4) is 5.75 Å². The summed E-state index contributed by atoms with van der Waals surface area (Å²) in [5, 5.41) is 10.5. The number of allylic oxidation sites excluding steroid dienone is 1. The standard InChI is InChI=1S/C25H37N3O3/c1-3-4-9-24(29)21-27(13-12-26-14-16-31-17-15-26)20-23-8-6-11-28(23)19-22-7-5-10-25(18-22)30-2/h3,5-8,10-11,18,24,29H,1,4,9,12-17,19-21H2,2H3. The fourth-order valence-corrected chi connectivity index (χ4v) is 3.99. The van der Waals surface area contributed by atoms with Crippen molar-refractivity contribution in [3.05, 3.63) is 66.5 Å². The number of aromatic nitrogens is 1. The molecule has 0 spiro atoms. The first kappa shape index (κ1) is 23.5. The Hall–Kier alpha value is -2.12. The second-order valence-electron chi connectivity index (χ2n) is 8.19. The molecule has 0 radical (unpaired) electrons. The Morgan fingerprint density at radius 2 is 2.10 bits per heavy atom. The van der Waals surface area contributed by atoms with Crippen molar-refractivity contribution in [1.29, 1.82) is 0 Å². The first-order valence-corrected chi connectivity index (χ1v) is 11.3. The van der Waals surface area contributed by atoms with E-state index in [2.05, 4.69) is 51.4 Å². The zero-order chi connectivity index (χ0) is 21.9. The summed E-state index contributed by atoms with van der Waals surface area (Å²) in [4.78, 5) is 4.82. The first-order valence-electron chi connectivity index (χ1n) is 11.3. The van der Waals surface area contributed by atoms with Gasteiger partial charge in [-0.15, -0.1) is 6.58 Å². The molecule has 1 aromatic heterocycles. The number of benzene rings is 1. The van der Waals surface area contributed by atoms with Gasteiger partial charge in [0.15, 0.2) is 0 Å². The third-order valence-electron chi connectivity index (χ3n) is 5.81. The molecule has 1 saturated heterocycles. The number of ether oxygens (including phenoxy) is 2. The van der Waals surface area contributed by atoms with Crippen molar-refractivity contribution in [2.24, 2.45) is 0 Å². The van der Waals surface area contributed by atoms with E-state index in [0.29, 0.717) is 6.54 Å². The number of nitrogens with zero attached hydrogens (tertiary/aromatic N) is 3. The molecule has 170 valence electrons. The molecule has 0 aliphatic carbocycles. The Morgan fingerprint density at radius 1 is 1.26 bits per heavy atom. The van der Waals surface area contributed by atoms with E-state index < -0.39 is 0 Å². The molecule has 1 N–H and O–H groups in total. The van der Waals surface area contributed by atoms with Gasteiger partial charge in [-0.25, -0.2) is 0 Å². The maximum Gasteiger partial charge on any atom is 0.119 e. The van der Waals surface area contributed by atoms with E-state index in [0.717, 1.165) is 71.1 Å². The molecule has 3 rings (SSSR count). The predicted octanol–water partition coefficient (Wildman–Crippen LogP) is 3.01. The van der Waals surface area contributed by atoms with Crippen molar-refractivity contribution in [2.45, 2.75) is 32.0 Å². The van der Waals surface area contributed by atoms with Crippen LogP contribution in [-0.2, 0) is 17.8 Å². The van der Waals surface area contributed by atoms with Gasteiger partial charge in [-0.05, 0) is 42.7 Å². The topological polar surface area (TPSA) is 50.1 Å². The Kier molecular flexibility index (Phi) is 9.62. The molecule has 1 fully saturated rings. The van der Waals surface area contributed by atoms with Crippen LogP contribution >= 0.6 is 0 Å². The monoisotopic (exact) mass is 427 g/mol. The van der Waals surface area contributed by atoms with E-state index in [4.69, 9.17) is 9.47 Å². The Labute approximate surface area is 186 Å². The van der Waals surface area contributed by atoms with Gasteiger partial charge >= 0.3 is 0 Å². The SMILES string of the molecule is C=CCCC(O)CN(CCN1CCOCC1)Cc1cccn1Cc1cccc(OC)c1. The third kappa shape index (κ3) is 7.82. The molecule has 1 aromatic carbocycles. The van der Waals surface area contributed by atoms with Crippen LogP contribution in [-0.4, -0.2) is 78.6 Å². The first-order chi connectivity index (χ1) is 15.2. The summed E-state index contributed by atoms with van der Waals surface area (Å²) in [5.74, 6) is 0.878. The molecule has 1 aliphatic rings. The van der Waals surface area contributed by atoms with Gasteiger partial charge in [-0.1, -0.05) is 18.2 Å². The highest BCUT2D eigenvalue weighted by Crippen LogP contribution is 2.16. The third-order valence-corrected chi connectivity index (χ3v) is 5.81. The van der Waals surface area contributed by atoms with Crippen LogP contribution in [0.4, 0.5) is 0 Å². The Morgan fingerprint density at radius 3 is 2.87 bits per heavy atom. The summed E-state index contributed by atoms with van der Waals surface area (Å²) in [7, 11) is 1.70. The second kappa shape index (κ2) is 12.7. The molecule has 1 unspecified atom stereocenters. The van der Waals surface area contributed by atoms with E-state index in [1.807, 2.05) is 18.2 Å². The maximum atomic E-state index is 10.5. The van der Waals surface area contributed by atoms with Gasteiger partial charge in [-0.3, -0.25) is 9.80 Å². The van der Waals surface area contributed by atoms with Crippen LogP contribution in [0.2, 0.25) is 0 Å². The molecule has 31 heavy (non-hydrogen) atoms. The van der Waals surface area contributed by atoms with Gasteiger partial charge in [0.05, 0.1) is 26.4 Å². The molecule has 0 amide bonds. The van der Waals surface area contributed by atoms with Gasteiger partial charge in [-0.2, -0.15) is 0 Å². The number of hydrogen-bond acceptors (Lipinski definition) is 5. The largest absolute Gasteiger partial charge is 0.497 e. The van der Waals surface area contributed by atoms with Crippen LogP contribution in [0.25, 0.3) is 0 Å². The van der Waals surface area contributed by atoms with Crippen molar-refractivity contribution in [3.63, 3.8) is 0 Å². The molecule has 6 heteroatoms. The fourth-order valence-electron chi connectivity index (χ4n) is 3.99. The van der Waals surface area contributed by atoms with Crippen LogP contribution in [0.3, 0.4) is 0 Å². The van der Waals surface area contributed by atoms with Gasteiger partial charge < -0.3 is 19.1 Å². The minimum Gasteiger partial charge on any atom is -0.497 e. The molecule has 0 bridgehead atoms. The zero-order valence-corrected chi connectivity index (χ0v) is 18.8. The minimum absolute atomic E-state index is 0.343. The molecular formula is C25H37N3O3. The van der Waals surface area contributed by atoms with Crippen molar-refractivity contribution >= 4 is 0 Å². The molecule has 6 nitrogen and oxygen atoms in total. The van der Waals surface area contributed by atoms with Crippen LogP contribution in [0.1, 0.15) is 24.1 Å². The van der Waals surface area contributed by atoms with E-state index in [1.165, 1.54) is 11.3 Å². The lowest BCUT2D eigenvalue weighted by atomic mass is 10.1. The molecule has 1 atom stereocenters. The van der Waals surface area contributed by atoms with Gasteiger partial charge in [0.1, 0.15) is 5.75 Å². The number of aliphatic hydroxyl groups is 1. The lowest BCUT2D eigenvalue weighted by Crippen LogP contribution is -2.43. The Bertz CT molecular complexity index is 786. The lowest BCUT2D eigenvalue weighted by molar-refractivity contribution is 0.0286. The molecule has 2 aromatic rings. The number of aliphatic hydroxyl groups excluding tert-OH is 1. The molecule has 0 saturated carbocycles. The van der Waals surface area contributed by atoms with E-state index in [-0.39, 0.29) is 6.10 Å². The lowest BCUT2D eigenvalue weighted by Gasteiger charge is -2.31. The summed E-state index contributed by atoms with van der Waals surface area (Å²) in [6, 6.07) is 12.5. The van der Waals surface area contributed by atoms with Gasteiger partial charge in [0.2, 0.25) is 0 Å². The van der Waals surface area contributed by atoms with Crippen LogP contribution in [0, 0.1) is 0 Å². The summed E-state index contributed by atoms with van der Waals surface area (Å²) < 4.78 is 13.1. The summed E-state index contributed by atoms with van der Waals surface area (Å²) >= 11 is 0. The number of hydrogen-bond donors (Lipinski definition) is 1. The van der Waals surface area contributed by atoms with E-state index in [1.54, 1.807) is 7.11 Å². The van der Waals surface area contributed by atoms with E-state index in [9.17, 15) is 5.11 Å². The van der Waals surface area contributed by atoms with Crippen molar-refractivity contribution < 1.29 is 14.6 Å². The number of rotatable bonds is 13. The minimum atomic E-state index is -0.343. The second-order valence-corrected chi connectivity index (χ2v) is 8.19. The van der Waals surface area contributed by atoms with Gasteiger partial charge in [0, 0.05) is 57.7 Å². The summed E-state index contributed by atoms with van der Waals surface area (Å²) in [6.07, 6.45) is 5.25. The van der Waals surface area contributed by atoms with Crippen LogP contribution in [0.5, 0.6) is 5.75 Å². The normalized spacial score (nSPS) is 15.8. The smallest absolute Gasteiger partial charge is 0.119 e. The summed E-state index contributed by atoms with van der Waals surface area (Å²) in [5.41, 5.74) is 2.46. The van der Waals surface area contributed by atoms with Crippen LogP contribution in [0.15, 0.2) is 55.3 Å². The van der Waals surface area contributed by atoms with Gasteiger partial charge in [0.25, 0.3) is 0 Å². The number of methoxy groups -OCH3 is 1. The average molecular weight is 428 g/mol. The highest BCUT2D eigenvalue weighted by atomic mass is 16.5. The number of morpholine rings is 1. The predicted molar refractivity (Wildman–Crippen MR) is 125 cm³/mol. The molecule has 2 heterocycles. The highest BCUT2D eigenvalue weighted by molar-refractivity contribution is 5.29. The zero-order valence-electron chi connectivity index (χ0n) is 18.8. The fraction of sp³-hybridized carbons (Fsp3) is 0.520. The van der Waals surface area contributed by atoms with E-state index >= 15 is 0 Å². The summed E-state index contributed by atoms with van der Waals surface area (Å²) in [6.45, 7) is 11.6. The molecule has 1 aliphatic heterocycles. The highest BCUT2D eigenvalue weighted by Gasteiger charge is 2.17. The van der Waals surface area contributed by atoms with Crippen molar-refractivity contribution in [2.75, 3.05) is 53.0 Å². The Balaban J connectivity index is 1.64. The van der Waals surface area contributed by atoms with Crippen LogP contribution < -0.4 is 4.74 Å². The van der Waals surface area contributed by atoms with Crippen molar-refractivity contribution in [1.82, 2.24) is 14.4 Å².